The van der Waals surface area contributed by atoms with Gasteiger partial charge in [0.05, 0.1) is 30.6 Å². The van der Waals surface area contributed by atoms with E-state index in [1.807, 2.05) is 17.7 Å². The third-order valence-electron chi connectivity index (χ3n) is 4.56. The van der Waals surface area contributed by atoms with E-state index >= 15 is 0 Å². The van der Waals surface area contributed by atoms with Crippen molar-refractivity contribution in [1.82, 2.24) is 14.8 Å². The van der Waals surface area contributed by atoms with Gasteiger partial charge in [-0.25, -0.2) is 4.68 Å². The maximum absolute atomic E-state index is 11.8. The van der Waals surface area contributed by atoms with E-state index in [2.05, 4.69) is 10.1 Å². The summed E-state index contributed by atoms with van der Waals surface area (Å²) in [5, 5.41) is 4.32. The Kier molecular flexibility index (Phi) is 6.34. The molecule has 26 heavy (non-hydrogen) atoms. The number of likely N-dealkylation sites (tertiary alicyclic amines) is 1. The number of ether oxygens (including phenoxy) is 1. The number of benzene rings is 1. The summed E-state index contributed by atoms with van der Waals surface area (Å²) in [5.74, 6) is 0.554. The van der Waals surface area contributed by atoms with Crippen LogP contribution in [-0.2, 0) is 16.2 Å². The molecule has 2 aromatic rings. The highest BCUT2D eigenvalue weighted by Gasteiger charge is 2.28. The summed E-state index contributed by atoms with van der Waals surface area (Å²) in [6, 6.07) is 5.27. The Morgan fingerprint density at radius 2 is 2.15 bits per heavy atom. The molecule has 0 bridgehead atoms. The minimum Gasteiger partial charge on any atom is -0.466 e. The zero-order valence-corrected chi connectivity index (χ0v) is 16.8. The summed E-state index contributed by atoms with van der Waals surface area (Å²) in [4.78, 5) is 17.6. The van der Waals surface area contributed by atoms with Gasteiger partial charge in [-0.05, 0) is 37.3 Å². The van der Waals surface area contributed by atoms with Gasteiger partial charge in [0.15, 0.2) is 12.5 Å². The smallest absolute Gasteiger partial charge is 0.309 e. The molecule has 2 heterocycles. The number of carbonyl (C=O) groups is 1. The van der Waals surface area contributed by atoms with E-state index in [-0.39, 0.29) is 11.9 Å². The predicted molar refractivity (Wildman–Crippen MR) is 103 cm³/mol. The lowest BCUT2D eigenvalue weighted by molar-refractivity contribution is -0.929. The van der Waals surface area contributed by atoms with Gasteiger partial charge in [0.2, 0.25) is 4.77 Å². The number of piperidine rings is 1. The molecule has 9 heteroatoms. The third kappa shape index (κ3) is 4.46. The molecular weight excluding hydrogens is 395 g/mol. The molecule has 3 rings (SSSR count). The lowest BCUT2D eigenvalue weighted by Crippen LogP contribution is -3.12. The van der Waals surface area contributed by atoms with Crippen molar-refractivity contribution in [2.45, 2.75) is 26.4 Å². The van der Waals surface area contributed by atoms with E-state index in [1.54, 1.807) is 12.1 Å². The van der Waals surface area contributed by atoms with Gasteiger partial charge in [0.1, 0.15) is 0 Å². The molecule has 1 saturated heterocycles. The molecule has 0 amide bonds. The van der Waals surface area contributed by atoms with E-state index in [9.17, 15) is 4.79 Å². The highest BCUT2D eigenvalue weighted by atomic mass is 35.5. The van der Waals surface area contributed by atoms with Crippen LogP contribution in [-0.4, -0.2) is 40.4 Å². The van der Waals surface area contributed by atoms with Crippen molar-refractivity contribution in [3.63, 3.8) is 0 Å². The van der Waals surface area contributed by atoms with Crippen LogP contribution >= 0.6 is 35.4 Å². The molecule has 140 valence electrons. The number of hydrogen-bond acceptors (Lipinski definition) is 4. The summed E-state index contributed by atoms with van der Waals surface area (Å²) in [5.41, 5.74) is 0.761. The fourth-order valence-electron chi connectivity index (χ4n) is 3.17. The molecule has 0 spiro atoms. The summed E-state index contributed by atoms with van der Waals surface area (Å²) in [6.45, 7) is 4.73. The Labute approximate surface area is 167 Å². The maximum atomic E-state index is 11.8. The van der Waals surface area contributed by atoms with Crippen LogP contribution in [0.4, 0.5) is 0 Å². The maximum Gasteiger partial charge on any atom is 0.309 e. The topological polar surface area (TPSA) is 64.3 Å². The van der Waals surface area contributed by atoms with Crippen LogP contribution < -0.4 is 4.90 Å². The number of esters is 1. The molecule has 1 aromatic carbocycles. The highest BCUT2D eigenvalue weighted by Crippen LogP contribution is 2.27. The lowest BCUT2D eigenvalue weighted by Gasteiger charge is -2.27. The van der Waals surface area contributed by atoms with Crippen LogP contribution in [0.15, 0.2) is 18.2 Å². The molecule has 1 fully saturated rings. The van der Waals surface area contributed by atoms with E-state index in [0.29, 0.717) is 33.9 Å². The summed E-state index contributed by atoms with van der Waals surface area (Å²) in [6.07, 6.45) is 1.65. The number of aromatic nitrogens is 3. The van der Waals surface area contributed by atoms with Gasteiger partial charge in [0, 0.05) is 23.4 Å². The van der Waals surface area contributed by atoms with Gasteiger partial charge in [-0.15, -0.1) is 0 Å². The van der Waals surface area contributed by atoms with Crippen molar-refractivity contribution in [2.75, 3.05) is 19.7 Å². The van der Waals surface area contributed by atoms with Crippen molar-refractivity contribution >= 4 is 41.4 Å². The number of H-pyrrole nitrogens is 1. The summed E-state index contributed by atoms with van der Waals surface area (Å²) >= 11 is 17.6. The molecule has 0 saturated carbocycles. The van der Waals surface area contributed by atoms with Gasteiger partial charge in [-0.2, -0.15) is 4.98 Å². The fraction of sp³-hybridized carbons (Fsp3) is 0.471. The van der Waals surface area contributed by atoms with Crippen molar-refractivity contribution in [2.24, 2.45) is 5.92 Å². The SMILES string of the molecule is CCOC(=O)C1CC[NH+](Cn2[nH]c(-c3ccc(Cl)cc3Cl)nc2=S)CC1. The molecule has 2 N–H and O–H groups in total. The quantitative estimate of drug-likeness (QED) is 0.581. The number of halogens is 2. The number of nitrogens with zero attached hydrogens (tertiary/aromatic N) is 2. The zero-order chi connectivity index (χ0) is 18.7. The van der Waals surface area contributed by atoms with Crippen molar-refractivity contribution in [3.05, 3.63) is 33.0 Å². The molecule has 1 aromatic heterocycles. The van der Waals surface area contributed by atoms with Crippen LogP contribution in [0.5, 0.6) is 0 Å². The number of aromatic amines is 1. The van der Waals surface area contributed by atoms with Gasteiger partial charge >= 0.3 is 5.97 Å². The Balaban J connectivity index is 1.66. The second kappa shape index (κ2) is 8.52. The first-order valence-electron chi connectivity index (χ1n) is 8.60. The number of hydrogen-bond donors (Lipinski definition) is 2. The average Bonchev–Trinajstić information content (AvgIpc) is 2.96. The van der Waals surface area contributed by atoms with Crippen molar-refractivity contribution in [3.8, 4) is 11.4 Å². The van der Waals surface area contributed by atoms with Crippen LogP contribution in [0, 0.1) is 10.7 Å². The Morgan fingerprint density at radius 3 is 2.81 bits per heavy atom. The fourth-order valence-corrected chi connectivity index (χ4v) is 3.87. The molecule has 1 aliphatic rings. The van der Waals surface area contributed by atoms with Gasteiger partial charge in [0.25, 0.3) is 0 Å². The van der Waals surface area contributed by atoms with E-state index in [4.69, 9.17) is 40.2 Å². The molecule has 0 aliphatic carbocycles. The van der Waals surface area contributed by atoms with Crippen LogP contribution in [0.25, 0.3) is 11.4 Å². The Bertz CT molecular complexity index is 844. The standard InChI is InChI=1S/C17H20Cl2N4O2S/c1-2-25-16(24)11-5-7-22(8-6-11)10-23-17(26)20-15(21-23)13-4-3-12(18)9-14(13)19/h3-4,9,11H,2,5-8,10H2,1H3,(H,20,21,26)/p+1. The van der Waals surface area contributed by atoms with E-state index in [1.165, 1.54) is 4.90 Å². The molecule has 6 nitrogen and oxygen atoms in total. The van der Waals surface area contributed by atoms with Crippen LogP contribution in [0.2, 0.25) is 10.0 Å². The number of carbonyl (C=O) groups excluding carboxylic acids is 1. The van der Waals surface area contributed by atoms with Gasteiger partial charge in [-0.3, -0.25) is 9.89 Å². The van der Waals surface area contributed by atoms with E-state index in [0.717, 1.165) is 31.5 Å². The minimum absolute atomic E-state index is 0.0110. The first-order valence-corrected chi connectivity index (χ1v) is 9.76. The second-order valence-electron chi connectivity index (χ2n) is 6.34. The van der Waals surface area contributed by atoms with Crippen LogP contribution in [0.3, 0.4) is 0 Å². The molecule has 0 unspecified atom stereocenters. The van der Waals surface area contributed by atoms with Crippen molar-refractivity contribution in [1.29, 1.82) is 0 Å². The predicted octanol–water partition coefficient (Wildman–Crippen LogP) is 2.73. The number of quaternary nitrogens is 1. The first kappa shape index (κ1) is 19.4. The normalized spacial score (nSPS) is 20.1. The van der Waals surface area contributed by atoms with Gasteiger partial charge in [-0.1, -0.05) is 23.2 Å². The molecular formula is C17H21Cl2N4O2S+. The average molecular weight is 416 g/mol. The Morgan fingerprint density at radius 1 is 1.42 bits per heavy atom. The molecule has 0 atom stereocenters. The largest absolute Gasteiger partial charge is 0.466 e. The van der Waals surface area contributed by atoms with E-state index < -0.39 is 0 Å². The summed E-state index contributed by atoms with van der Waals surface area (Å²) < 4.78 is 7.44. The highest BCUT2D eigenvalue weighted by molar-refractivity contribution is 7.71. The lowest BCUT2D eigenvalue weighted by atomic mass is 9.97. The number of rotatable bonds is 5. The Hall–Kier alpha value is -1.41. The molecule has 0 radical (unpaired) electrons. The zero-order valence-electron chi connectivity index (χ0n) is 14.4. The summed E-state index contributed by atoms with van der Waals surface area (Å²) in [7, 11) is 0. The minimum atomic E-state index is -0.0793. The number of nitrogens with one attached hydrogen (secondary N) is 2. The third-order valence-corrected chi connectivity index (χ3v) is 5.42. The monoisotopic (exact) mass is 415 g/mol. The van der Waals surface area contributed by atoms with Crippen molar-refractivity contribution < 1.29 is 14.4 Å². The van der Waals surface area contributed by atoms with Gasteiger partial charge < -0.3 is 9.64 Å². The van der Waals surface area contributed by atoms with Crippen LogP contribution in [0.1, 0.15) is 19.8 Å². The first-order chi connectivity index (χ1) is 12.5. The molecule has 1 aliphatic heterocycles. The second-order valence-corrected chi connectivity index (χ2v) is 7.55.